The Labute approximate surface area is 117 Å². The van der Waals surface area contributed by atoms with Crippen LogP contribution in [0, 0.1) is 5.82 Å². The zero-order valence-electron chi connectivity index (χ0n) is 10.4. The molecule has 19 heavy (non-hydrogen) atoms. The SMILES string of the molecule is OCCN(Cc1ccc(F)cc1Cl)c1ccccc1. The largest absolute Gasteiger partial charge is 0.395 e. The third-order valence-corrected chi connectivity index (χ3v) is 3.22. The van der Waals surface area contributed by atoms with Gasteiger partial charge < -0.3 is 10.0 Å². The standard InChI is InChI=1S/C15H15ClFNO/c16-15-10-13(17)7-6-12(15)11-18(8-9-19)14-4-2-1-3-5-14/h1-7,10,19H,8-9,11H2. The molecule has 0 fully saturated rings. The van der Waals surface area contributed by atoms with Crippen molar-refractivity contribution >= 4 is 17.3 Å². The molecule has 0 amide bonds. The van der Waals surface area contributed by atoms with Crippen LogP contribution in [0.25, 0.3) is 0 Å². The van der Waals surface area contributed by atoms with Crippen LogP contribution in [-0.4, -0.2) is 18.3 Å². The number of anilines is 1. The molecule has 0 aliphatic carbocycles. The Morgan fingerprint density at radius 3 is 2.47 bits per heavy atom. The second kappa shape index (κ2) is 6.55. The number of rotatable bonds is 5. The van der Waals surface area contributed by atoms with Crippen molar-refractivity contribution in [1.82, 2.24) is 0 Å². The number of hydrogen-bond donors (Lipinski definition) is 1. The minimum Gasteiger partial charge on any atom is -0.395 e. The van der Waals surface area contributed by atoms with Crippen molar-refractivity contribution in [3.8, 4) is 0 Å². The quantitative estimate of drug-likeness (QED) is 0.906. The number of aliphatic hydroxyl groups is 1. The predicted molar refractivity (Wildman–Crippen MR) is 76.0 cm³/mol. The summed E-state index contributed by atoms with van der Waals surface area (Å²) < 4.78 is 13.0. The lowest BCUT2D eigenvalue weighted by molar-refractivity contribution is 0.301. The molecule has 2 aromatic carbocycles. The van der Waals surface area contributed by atoms with Gasteiger partial charge in [0.25, 0.3) is 0 Å². The van der Waals surface area contributed by atoms with E-state index in [0.717, 1.165) is 11.3 Å². The molecule has 0 spiro atoms. The van der Waals surface area contributed by atoms with Crippen molar-refractivity contribution in [2.45, 2.75) is 6.54 Å². The van der Waals surface area contributed by atoms with E-state index in [1.54, 1.807) is 6.07 Å². The maximum Gasteiger partial charge on any atom is 0.124 e. The second-order valence-electron chi connectivity index (χ2n) is 4.22. The zero-order valence-corrected chi connectivity index (χ0v) is 11.1. The monoisotopic (exact) mass is 279 g/mol. The van der Waals surface area contributed by atoms with Crippen molar-refractivity contribution < 1.29 is 9.50 Å². The average Bonchev–Trinajstić information content (AvgIpc) is 2.42. The lowest BCUT2D eigenvalue weighted by Crippen LogP contribution is -2.26. The molecule has 2 aromatic rings. The lowest BCUT2D eigenvalue weighted by Gasteiger charge is -2.24. The first-order valence-electron chi connectivity index (χ1n) is 6.05. The Bertz CT molecular complexity index is 533. The van der Waals surface area contributed by atoms with E-state index in [4.69, 9.17) is 16.7 Å². The summed E-state index contributed by atoms with van der Waals surface area (Å²) in [6, 6.07) is 14.1. The highest BCUT2D eigenvalue weighted by molar-refractivity contribution is 6.31. The molecule has 0 heterocycles. The van der Waals surface area contributed by atoms with E-state index in [9.17, 15) is 4.39 Å². The minimum atomic E-state index is -0.345. The van der Waals surface area contributed by atoms with Gasteiger partial charge in [-0.2, -0.15) is 0 Å². The van der Waals surface area contributed by atoms with Gasteiger partial charge in [-0.1, -0.05) is 35.9 Å². The number of benzene rings is 2. The number of halogens is 2. The van der Waals surface area contributed by atoms with Gasteiger partial charge in [-0.3, -0.25) is 0 Å². The topological polar surface area (TPSA) is 23.5 Å². The Balaban J connectivity index is 2.21. The molecule has 0 aliphatic rings. The van der Waals surface area contributed by atoms with Crippen molar-refractivity contribution in [1.29, 1.82) is 0 Å². The summed E-state index contributed by atoms with van der Waals surface area (Å²) in [5.74, 6) is -0.345. The van der Waals surface area contributed by atoms with Crippen molar-refractivity contribution in [3.63, 3.8) is 0 Å². The molecule has 0 radical (unpaired) electrons. The molecule has 0 saturated carbocycles. The predicted octanol–water partition coefficient (Wildman–Crippen LogP) is 3.48. The molecule has 2 rings (SSSR count). The second-order valence-corrected chi connectivity index (χ2v) is 4.62. The van der Waals surface area contributed by atoms with Crippen LogP contribution in [-0.2, 0) is 6.54 Å². The zero-order chi connectivity index (χ0) is 13.7. The van der Waals surface area contributed by atoms with Crippen LogP contribution in [0.1, 0.15) is 5.56 Å². The number of para-hydroxylation sites is 1. The molecular formula is C15H15ClFNO. The van der Waals surface area contributed by atoms with Gasteiger partial charge in [-0.15, -0.1) is 0 Å². The van der Waals surface area contributed by atoms with Crippen LogP contribution in [0.5, 0.6) is 0 Å². The van der Waals surface area contributed by atoms with Gasteiger partial charge >= 0.3 is 0 Å². The van der Waals surface area contributed by atoms with Crippen molar-refractivity contribution in [2.24, 2.45) is 0 Å². The van der Waals surface area contributed by atoms with Gasteiger partial charge in [0, 0.05) is 23.8 Å². The van der Waals surface area contributed by atoms with Gasteiger partial charge in [-0.25, -0.2) is 4.39 Å². The van der Waals surface area contributed by atoms with Gasteiger partial charge in [0.1, 0.15) is 5.82 Å². The molecular weight excluding hydrogens is 265 g/mol. The van der Waals surface area contributed by atoms with E-state index in [-0.39, 0.29) is 12.4 Å². The fourth-order valence-corrected chi connectivity index (χ4v) is 2.14. The first-order valence-corrected chi connectivity index (χ1v) is 6.43. The maximum absolute atomic E-state index is 13.0. The maximum atomic E-state index is 13.0. The van der Waals surface area contributed by atoms with Gasteiger partial charge in [-0.05, 0) is 29.8 Å². The number of aliphatic hydroxyl groups excluding tert-OH is 1. The summed E-state index contributed by atoms with van der Waals surface area (Å²) in [5, 5.41) is 9.56. The van der Waals surface area contributed by atoms with Gasteiger partial charge in [0.2, 0.25) is 0 Å². The fourth-order valence-electron chi connectivity index (χ4n) is 1.91. The summed E-state index contributed by atoms with van der Waals surface area (Å²) in [5.41, 5.74) is 1.83. The molecule has 0 unspecified atom stereocenters. The summed E-state index contributed by atoms with van der Waals surface area (Å²) in [4.78, 5) is 2.00. The molecule has 0 saturated heterocycles. The first kappa shape index (κ1) is 13.8. The van der Waals surface area contributed by atoms with Crippen LogP contribution in [0.3, 0.4) is 0 Å². The number of nitrogens with zero attached hydrogens (tertiary/aromatic N) is 1. The van der Waals surface area contributed by atoms with Gasteiger partial charge in [0.05, 0.1) is 6.61 Å². The van der Waals surface area contributed by atoms with Crippen LogP contribution < -0.4 is 4.90 Å². The summed E-state index contributed by atoms with van der Waals surface area (Å²) in [6.45, 7) is 1.08. The molecule has 0 aromatic heterocycles. The van der Waals surface area contributed by atoms with Crippen molar-refractivity contribution in [3.05, 3.63) is 64.9 Å². The van der Waals surface area contributed by atoms with Crippen LogP contribution in [0.2, 0.25) is 5.02 Å². The Morgan fingerprint density at radius 1 is 1.11 bits per heavy atom. The fraction of sp³-hybridized carbons (Fsp3) is 0.200. The molecule has 2 nitrogen and oxygen atoms in total. The Morgan fingerprint density at radius 2 is 1.84 bits per heavy atom. The molecule has 0 atom stereocenters. The Kier molecular flexibility index (Phi) is 4.77. The number of hydrogen-bond acceptors (Lipinski definition) is 2. The highest BCUT2D eigenvalue weighted by Crippen LogP contribution is 2.22. The van der Waals surface area contributed by atoms with Crippen LogP contribution in [0.4, 0.5) is 10.1 Å². The smallest absolute Gasteiger partial charge is 0.124 e. The summed E-state index contributed by atoms with van der Waals surface area (Å²) in [7, 11) is 0. The van der Waals surface area contributed by atoms with Crippen LogP contribution >= 0.6 is 11.6 Å². The van der Waals surface area contributed by atoms with E-state index in [1.165, 1.54) is 12.1 Å². The van der Waals surface area contributed by atoms with E-state index in [0.29, 0.717) is 18.1 Å². The highest BCUT2D eigenvalue weighted by Gasteiger charge is 2.09. The van der Waals surface area contributed by atoms with E-state index < -0.39 is 0 Å². The molecule has 1 N–H and O–H groups in total. The van der Waals surface area contributed by atoms with Crippen LogP contribution in [0.15, 0.2) is 48.5 Å². The average molecular weight is 280 g/mol. The Hall–Kier alpha value is -1.58. The highest BCUT2D eigenvalue weighted by atomic mass is 35.5. The minimum absolute atomic E-state index is 0.0493. The lowest BCUT2D eigenvalue weighted by atomic mass is 10.2. The molecule has 4 heteroatoms. The van der Waals surface area contributed by atoms with E-state index >= 15 is 0 Å². The van der Waals surface area contributed by atoms with Gasteiger partial charge in [0.15, 0.2) is 0 Å². The van der Waals surface area contributed by atoms with E-state index in [2.05, 4.69) is 0 Å². The summed E-state index contributed by atoms with van der Waals surface area (Å²) in [6.07, 6.45) is 0. The summed E-state index contributed by atoms with van der Waals surface area (Å²) >= 11 is 6.03. The molecule has 0 aliphatic heterocycles. The normalized spacial score (nSPS) is 10.5. The van der Waals surface area contributed by atoms with Crippen molar-refractivity contribution in [2.75, 3.05) is 18.1 Å². The third-order valence-electron chi connectivity index (χ3n) is 2.87. The van der Waals surface area contributed by atoms with E-state index in [1.807, 2.05) is 35.2 Å². The first-order chi connectivity index (χ1) is 9.20. The third kappa shape index (κ3) is 3.69. The molecule has 0 bridgehead atoms. The molecule has 100 valence electrons.